The second kappa shape index (κ2) is 7.83. The molecule has 1 unspecified atom stereocenters. The smallest absolute Gasteiger partial charge is 0.0320 e. The molecule has 1 nitrogen and oxygen atoms in total. The topological polar surface area (TPSA) is 12.0 Å². The minimum atomic E-state index is 0.548. The second-order valence-electron chi connectivity index (χ2n) is 6.55. The van der Waals surface area contributed by atoms with Gasteiger partial charge in [-0.05, 0) is 36.7 Å². The summed E-state index contributed by atoms with van der Waals surface area (Å²) >= 11 is 0. The largest absolute Gasteiger partial charge is 0.309 e. The van der Waals surface area contributed by atoms with Crippen molar-refractivity contribution in [3.8, 4) is 0 Å². The minimum absolute atomic E-state index is 0.548. The highest BCUT2D eigenvalue weighted by Crippen LogP contribution is 2.43. The molecule has 1 aliphatic rings. The Morgan fingerprint density at radius 1 is 1.10 bits per heavy atom. The molecule has 0 aliphatic heterocycles. The van der Waals surface area contributed by atoms with Crippen LogP contribution in [0.1, 0.15) is 76.8 Å². The molecule has 0 aromatic heterocycles. The maximum absolute atomic E-state index is 3.89. The monoisotopic (exact) mass is 273 g/mol. The summed E-state index contributed by atoms with van der Waals surface area (Å²) in [5.74, 6) is 0. The number of hydrogen-bond acceptors (Lipinski definition) is 1. The van der Waals surface area contributed by atoms with Gasteiger partial charge in [-0.25, -0.2) is 0 Å². The van der Waals surface area contributed by atoms with Crippen LogP contribution in [0.3, 0.4) is 0 Å². The molecule has 1 heteroatoms. The molecular formula is C19H31N. The molecule has 1 aromatic carbocycles. The van der Waals surface area contributed by atoms with E-state index in [0.717, 1.165) is 0 Å². The van der Waals surface area contributed by atoms with Crippen molar-refractivity contribution in [3.05, 3.63) is 35.9 Å². The lowest BCUT2D eigenvalue weighted by Gasteiger charge is -2.42. The molecule has 1 atom stereocenters. The Bertz CT molecular complexity index is 361. The number of nitrogens with one attached hydrogen (secondary N) is 1. The van der Waals surface area contributed by atoms with Gasteiger partial charge >= 0.3 is 0 Å². The van der Waals surface area contributed by atoms with Gasteiger partial charge in [0.15, 0.2) is 0 Å². The Morgan fingerprint density at radius 2 is 1.85 bits per heavy atom. The van der Waals surface area contributed by atoms with E-state index < -0.39 is 0 Å². The predicted octanol–water partition coefficient (Wildman–Crippen LogP) is 5.48. The Hall–Kier alpha value is -0.820. The van der Waals surface area contributed by atoms with Crippen molar-refractivity contribution in [3.63, 3.8) is 0 Å². The van der Waals surface area contributed by atoms with Gasteiger partial charge in [-0.15, -0.1) is 0 Å². The Labute approximate surface area is 125 Å². The number of unbranched alkanes of at least 4 members (excludes halogenated alkanes) is 2. The van der Waals surface area contributed by atoms with Crippen molar-refractivity contribution in [2.24, 2.45) is 5.41 Å². The van der Waals surface area contributed by atoms with Crippen LogP contribution in [0.2, 0.25) is 0 Å². The van der Waals surface area contributed by atoms with Gasteiger partial charge in [0.2, 0.25) is 0 Å². The fourth-order valence-electron chi connectivity index (χ4n) is 3.34. The zero-order valence-corrected chi connectivity index (χ0v) is 13.3. The lowest BCUT2D eigenvalue weighted by Crippen LogP contribution is -2.40. The highest BCUT2D eigenvalue weighted by Gasteiger charge is 2.35. The van der Waals surface area contributed by atoms with E-state index in [0.29, 0.717) is 11.5 Å². The third kappa shape index (κ3) is 4.09. The molecule has 0 bridgehead atoms. The summed E-state index contributed by atoms with van der Waals surface area (Å²) in [5, 5.41) is 3.89. The van der Waals surface area contributed by atoms with Crippen molar-refractivity contribution in [2.75, 3.05) is 6.54 Å². The second-order valence-corrected chi connectivity index (χ2v) is 6.55. The van der Waals surface area contributed by atoms with E-state index in [1.807, 2.05) is 0 Å². The van der Waals surface area contributed by atoms with Gasteiger partial charge < -0.3 is 5.32 Å². The number of hydrogen-bond donors (Lipinski definition) is 1. The van der Waals surface area contributed by atoms with Crippen LogP contribution in [0.4, 0.5) is 0 Å². The molecule has 0 amide bonds. The van der Waals surface area contributed by atoms with Crippen LogP contribution in [0.25, 0.3) is 0 Å². The van der Waals surface area contributed by atoms with E-state index in [1.165, 1.54) is 63.5 Å². The van der Waals surface area contributed by atoms with Crippen LogP contribution in [0.15, 0.2) is 30.3 Å². The van der Waals surface area contributed by atoms with E-state index in [4.69, 9.17) is 0 Å². The van der Waals surface area contributed by atoms with Gasteiger partial charge in [0.25, 0.3) is 0 Å². The van der Waals surface area contributed by atoms with Crippen LogP contribution < -0.4 is 5.32 Å². The molecular weight excluding hydrogens is 242 g/mol. The number of rotatable bonds is 9. The zero-order valence-electron chi connectivity index (χ0n) is 13.3. The molecule has 1 saturated carbocycles. The van der Waals surface area contributed by atoms with Crippen molar-refractivity contribution >= 4 is 0 Å². The summed E-state index contributed by atoms with van der Waals surface area (Å²) < 4.78 is 0. The Kier molecular flexibility index (Phi) is 6.09. The normalized spacial score (nSPS) is 18.5. The maximum atomic E-state index is 3.89. The Balaban J connectivity index is 1.92. The van der Waals surface area contributed by atoms with Gasteiger partial charge in [-0.2, -0.15) is 0 Å². The third-order valence-electron chi connectivity index (χ3n) is 5.19. The highest BCUT2D eigenvalue weighted by atomic mass is 14.9. The fraction of sp³-hybridized carbons (Fsp3) is 0.684. The predicted molar refractivity (Wildman–Crippen MR) is 87.9 cm³/mol. The van der Waals surface area contributed by atoms with Crippen LogP contribution in [0.5, 0.6) is 0 Å². The number of benzene rings is 1. The first-order valence-electron chi connectivity index (χ1n) is 8.58. The van der Waals surface area contributed by atoms with E-state index in [9.17, 15) is 0 Å². The van der Waals surface area contributed by atoms with Crippen molar-refractivity contribution < 1.29 is 0 Å². The molecule has 0 heterocycles. The van der Waals surface area contributed by atoms with Gasteiger partial charge in [0, 0.05) is 12.6 Å². The quantitative estimate of drug-likeness (QED) is 0.588. The van der Waals surface area contributed by atoms with Crippen LogP contribution in [-0.4, -0.2) is 6.54 Å². The summed E-state index contributed by atoms with van der Waals surface area (Å²) in [6, 6.07) is 11.6. The average molecular weight is 273 g/mol. The summed E-state index contributed by atoms with van der Waals surface area (Å²) in [6.45, 7) is 5.84. The standard InChI is InChI=1S/C19H31N/c1-3-5-7-13-18(17-11-8-6-9-12-17)20-16-19(4-2)14-10-15-19/h6,8-9,11-12,18,20H,3-5,7,10,13-16H2,1-2H3. The molecule has 1 aliphatic carbocycles. The van der Waals surface area contributed by atoms with Crippen LogP contribution in [0, 0.1) is 5.41 Å². The zero-order chi connectivity index (χ0) is 14.3. The SMILES string of the molecule is CCCCCC(NCC1(CC)CCC1)c1ccccc1. The first-order chi connectivity index (χ1) is 9.79. The molecule has 1 N–H and O–H groups in total. The maximum Gasteiger partial charge on any atom is 0.0320 e. The van der Waals surface area contributed by atoms with Gasteiger partial charge in [-0.1, -0.05) is 69.9 Å². The lowest BCUT2D eigenvalue weighted by molar-refractivity contribution is 0.118. The van der Waals surface area contributed by atoms with Crippen LogP contribution >= 0.6 is 0 Å². The summed E-state index contributed by atoms with van der Waals surface area (Å²) in [5.41, 5.74) is 2.08. The van der Waals surface area contributed by atoms with Crippen molar-refractivity contribution in [2.45, 2.75) is 71.3 Å². The molecule has 2 rings (SSSR count). The van der Waals surface area contributed by atoms with E-state index in [-0.39, 0.29) is 0 Å². The first kappa shape index (κ1) is 15.6. The van der Waals surface area contributed by atoms with Gasteiger partial charge in [0.1, 0.15) is 0 Å². The summed E-state index contributed by atoms with van der Waals surface area (Å²) in [7, 11) is 0. The van der Waals surface area contributed by atoms with Crippen molar-refractivity contribution in [1.29, 1.82) is 0 Å². The third-order valence-corrected chi connectivity index (χ3v) is 5.19. The molecule has 1 aromatic rings. The molecule has 0 saturated heterocycles. The van der Waals surface area contributed by atoms with Gasteiger partial charge in [-0.3, -0.25) is 0 Å². The molecule has 20 heavy (non-hydrogen) atoms. The van der Waals surface area contributed by atoms with Crippen molar-refractivity contribution in [1.82, 2.24) is 5.32 Å². The van der Waals surface area contributed by atoms with E-state index in [2.05, 4.69) is 49.5 Å². The molecule has 0 spiro atoms. The van der Waals surface area contributed by atoms with E-state index >= 15 is 0 Å². The minimum Gasteiger partial charge on any atom is -0.309 e. The molecule has 112 valence electrons. The molecule has 1 fully saturated rings. The highest BCUT2D eigenvalue weighted by molar-refractivity contribution is 5.19. The van der Waals surface area contributed by atoms with E-state index in [1.54, 1.807) is 0 Å². The summed E-state index contributed by atoms with van der Waals surface area (Å²) in [6.07, 6.45) is 10.9. The molecule has 0 radical (unpaired) electrons. The first-order valence-corrected chi connectivity index (χ1v) is 8.58. The van der Waals surface area contributed by atoms with Crippen LogP contribution in [-0.2, 0) is 0 Å². The fourth-order valence-corrected chi connectivity index (χ4v) is 3.34. The summed E-state index contributed by atoms with van der Waals surface area (Å²) in [4.78, 5) is 0. The average Bonchev–Trinajstić information content (AvgIpc) is 2.45. The van der Waals surface area contributed by atoms with Gasteiger partial charge in [0.05, 0.1) is 0 Å². The lowest BCUT2D eigenvalue weighted by atomic mass is 9.67. The Morgan fingerprint density at radius 3 is 2.40 bits per heavy atom.